The molecule has 0 aromatic carbocycles. The first-order valence-corrected chi connectivity index (χ1v) is 4.92. The van der Waals surface area contributed by atoms with Crippen LogP contribution in [0.5, 0.6) is 0 Å². The summed E-state index contributed by atoms with van der Waals surface area (Å²) >= 11 is 0. The van der Waals surface area contributed by atoms with Gasteiger partial charge in [-0.05, 0) is 19.3 Å². The molecule has 4 nitrogen and oxygen atoms in total. The van der Waals surface area contributed by atoms with Gasteiger partial charge >= 0.3 is 5.97 Å². The van der Waals surface area contributed by atoms with Crippen LogP contribution in [0.2, 0.25) is 0 Å². The molecule has 1 aromatic rings. The molecule has 2 rings (SSSR count). The smallest absolute Gasteiger partial charge is 0.303 e. The normalized spacial score (nSPS) is 15.7. The minimum absolute atomic E-state index is 0.182. The van der Waals surface area contributed by atoms with Crippen molar-refractivity contribution in [3.05, 3.63) is 17.8 Å². The first kappa shape index (κ1) is 9.24. The molecule has 14 heavy (non-hydrogen) atoms. The highest BCUT2D eigenvalue weighted by Gasteiger charge is 2.27. The van der Waals surface area contributed by atoms with Gasteiger partial charge in [0.05, 0.1) is 6.20 Å². The quantitative estimate of drug-likeness (QED) is 0.780. The van der Waals surface area contributed by atoms with Crippen LogP contribution in [0.4, 0.5) is 0 Å². The zero-order valence-corrected chi connectivity index (χ0v) is 7.90. The van der Waals surface area contributed by atoms with E-state index in [2.05, 4.69) is 4.98 Å². The van der Waals surface area contributed by atoms with Crippen LogP contribution in [-0.4, -0.2) is 16.1 Å². The van der Waals surface area contributed by atoms with E-state index in [0.29, 0.717) is 24.7 Å². The lowest BCUT2D eigenvalue weighted by Crippen LogP contribution is -1.95. The van der Waals surface area contributed by atoms with Crippen molar-refractivity contribution in [3.8, 4) is 0 Å². The maximum Gasteiger partial charge on any atom is 0.303 e. The largest absolute Gasteiger partial charge is 0.481 e. The predicted molar refractivity (Wildman–Crippen MR) is 49.1 cm³/mol. The molecule has 0 unspecified atom stereocenters. The molecule has 1 fully saturated rings. The summed E-state index contributed by atoms with van der Waals surface area (Å²) in [6, 6.07) is 0. The van der Waals surface area contributed by atoms with E-state index in [4.69, 9.17) is 9.52 Å². The van der Waals surface area contributed by atoms with Crippen molar-refractivity contribution in [2.75, 3.05) is 0 Å². The summed E-state index contributed by atoms with van der Waals surface area (Å²) in [5.41, 5.74) is 0. The van der Waals surface area contributed by atoms with Gasteiger partial charge in [0.15, 0.2) is 5.89 Å². The van der Waals surface area contributed by atoms with Gasteiger partial charge in [0.1, 0.15) is 5.76 Å². The lowest BCUT2D eigenvalue weighted by atomic mass is 10.2. The number of oxazole rings is 1. The summed E-state index contributed by atoms with van der Waals surface area (Å²) in [6.07, 6.45) is 5.57. The Morgan fingerprint density at radius 3 is 3.07 bits per heavy atom. The Kier molecular flexibility index (Phi) is 2.52. The lowest BCUT2D eigenvalue weighted by molar-refractivity contribution is -0.137. The van der Waals surface area contributed by atoms with Crippen LogP contribution in [0.25, 0.3) is 0 Å². The highest BCUT2D eigenvalue weighted by Crippen LogP contribution is 2.40. The van der Waals surface area contributed by atoms with Crippen molar-refractivity contribution in [2.45, 2.75) is 38.0 Å². The number of hydrogen-bond donors (Lipinski definition) is 1. The second-order valence-electron chi connectivity index (χ2n) is 3.68. The van der Waals surface area contributed by atoms with E-state index in [1.165, 1.54) is 12.8 Å². The number of rotatable bonds is 5. The summed E-state index contributed by atoms with van der Waals surface area (Å²) in [4.78, 5) is 14.4. The van der Waals surface area contributed by atoms with Gasteiger partial charge in [-0.25, -0.2) is 4.98 Å². The molecule has 4 heteroatoms. The summed E-state index contributed by atoms with van der Waals surface area (Å²) in [7, 11) is 0. The fourth-order valence-electron chi connectivity index (χ4n) is 1.39. The fraction of sp³-hybridized carbons (Fsp3) is 0.600. The van der Waals surface area contributed by atoms with Crippen molar-refractivity contribution in [1.82, 2.24) is 4.98 Å². The van der Waals surface area contributed by atoms with E-state index in [-0.39, 0.29) is 6.42 Å². The van der Waals surface area contributed by atoms with Crippen molar-refractivity contribution in [1.29, 1.82) is 0 Å². The third kappa shape index (κ3) is 2.34. The maximum absolute atomic E-state index is 10.3. The number of aromatic nitrogens is 1. The molecule has 76 valence electrons. The molecule has 1 heterocycles. The Morgan fingerprint density at radius 1 is 1.64 bits per heavy atom. The average Bonchev–Trinajstić information content (AvgIpc) is 2.87. The highest BCUT2D eigenvalue weighted by atomic mass is 16.4. The Bertz CT molecular complexity index is 328. The second-order valence-corrected chi connectivity index (χ2v) is 3.68. The number of aliphatic carboxylic acids is 1. The van der Waals surface area contributed by atoms with Gasteiger partial charge in [-0.3, -0.25) is 4.79 Å². The molecule has 1 saturated carbocycles. The van der Waals surface area contributed by atoms with E-state index in [1.54, 1.807) is 6.20 Å². The lowest BCUT2D eigenvalue weighted by Gasteiger charge is -1.92. The number of nitrogens with zero attached hydrogens (tertiary/aromatic N) is 1. The van der Waals surface area contributed by atoms with Crippen molar-refractivity contribution in [2.24, 2.45) is 0 Å². The van der Waals surface area contributed by atoms with E-state index in [0.717, 1.165) is 5.76 Å². The van der Waals surface area contributed by atoms with Crippen molar-refractivity contribution in [3.63, 3.8) is 0 Å². The first-order chi connectivity index (χ1) is 6.75. The molecule has 0 aliphatic heterocycles. The average molecular weight is 195 g/mol. The van der Waals surface area contributed by atoms with E-state index in [9.17, 15) is 4.79 Å². The Morgan fingerprint density at radius 2 is 2.43 bits per heavy atom. The molecule has 0 bridgehead atoms. The van der Waals surface area contributed by atoms with Gasteiger partial charge in [0, 0.05) is 18.8 Å². The Labute approximate surface area is 81.9 Å². The summed E-state index contributed by atoms with van der Waals surface area (Å²) < 4.78 is 5.49. The molecule has 1 N–H and O–H groups in total. The Hall–Kier alpha value is -1.32. The van der Waals surface area contributed by atoms with Crippen LogP contribution in [-0.2, 0) is 11.2 Å². The van der Waals surface area contributed by atoms with Crippen LogP contribution in [0.15, 0.2) is 10.6 Å². The van der Waals surface area contributed by atoms with E-state index < -0.39 is 5.97 Å². The minimum atomic E-state index is -0.765. The molecule has 1 aromatic heterocycles. The van der Waals surface area contributed by atoms with Crippen LogP contribution >= 0.6 is 0 Å². The molecule has 1 aliphatic carbocycles. The van der Waals surface area contributed by atoms with Gasteiger partial charge in [-0.15, -0.1) is 0 Å². The molecule has 0 saturated heterocycles. The van der Waals surface area contributed by atoms with E-state index >= 15 is 0 Å². The SMILES string of the molecule is O=C(O)CCCc1ncc(C2CC2)o1. The molecular formula is C10H13NO3. The summed E-state index contributed by atoms with van der Waals surface area (Å²) in [5.74, 6) is 1.46. The number of carbonyl (C=O) groups is 1. The molecule has 0 spiro atoms. The topological polar surface area (TPSA) is 63.3 Å². The maximum atomic E-state index is 10.3. The van der Waals surface area contributed by atoms with Crippen molar-refractivity contribution < 1.29 is 14.3 Å². The van der Waals surface area contributed by atoms with Crippen molar-refractivity contribution >= 4 is 5.97 Å². The van der Waals surface area contributed by atoms with Crippen LogP contribution < -0.4 is 0 Å². The first-order valence-electron chi connectivity index (χ1n) is 4.92. The zero-order valence-electron chi connectivity index (χ0n) is 7.90. The van der Waals surface area contributed by atoms with Gasteiger partial charge in [0.25, 0.3) is 0 Å². The van der Waals surface area contributed by atoms with Gasteiger partial charge in [0.2, 0.25) is 0 Å². The number of aryl methyl sites for hydroxylation is 1. The molecule has 0 radical (unpaired) electrons. The van der Waals surface area contributed by atoms with Crippen LogP contribution in [0.1, 0.15) is 43.3 Å². The Balaban J connectivity index is 1.80. The van der Waals surface area contributed by atoms with Gasteiger partial charge < -0.3 is 9.52 Å². The highest BCUT2D eigenvalue weighted by molar-refractivity contribution is 5.66. The predicted octanol–water partition coefficient (Wildman–Crippen LogP) is 1.96. The molecule has 1 aliphatic rings. The fourth-order valence-corrected chi connectivity index (χ4v) is 1.39. The standard InChI is InChI=1S/C10H13NO3/c12-10(13)3-1-2-9-11-6-8(14-9)7-4-5-7/h6-7H,1-5H2,(H,12,13). The summed E-state index contributed by atoms with van der Waals surface area (Å²) in [6.45, 7) is 0. The van der Waals surface area contributed by atoms with Gasteiger partial charge in [-0.2, -0.15) is 0 Å². The molecule has 0 amide bonds. The van der Waals surface area contributed by atoms with Crippen LogP contribution in [0.3, 0.4) is 0 Å². The minimum Gasteiger partial charge on any atom is -0.481 e. The van der Waals surface area contributed by atoms with Gasteiger partial charge in [-0.1, -0.05) is 0 Å². The monoisotopic (exact) mass is 195 g/mol. The molecular weight excluding hydrogens is 182 g/mol. The van der Waals surface area contributed by atoms with E-state index in [1.807, 2.05) is 0 Å². The zero-order chi connectivity index (χ0) is 9.97. The third-order valence-corrected chi connectivity index (χ3v) is 2.33. The number of carboxylic acid groups (broad SMARTS) is 1. The summed E-state index contributed by atoms with van der Waals surface area (Å²) in [5, 5.41) is 8.44. The molecule has 0 atom stereocenters. The third-order valence-electron chi connectivity index (χ3n) is 2.33. The van der Waals surface area contributed by atoms with Crippen LogP contribution in [0, 0.1) is 0 Å². The second kappa shape index (κ2) is 3.82. The number of carboxylic acids is 1. The number of hydrogen-bond acceptors (Lipinski definition) is 3.